The molecule has 1 aliphatic heterocycles. The minimum absolute atomic E-state index is 0.0932. The highest BCUT2D eigenvalue weighted by Crippen LogP contribution is 2.34. The Kier molecular flexibility index (Phi) is 9.19. The van der Waals surface area contributed by atoms with Crippen molar-refractivity contribution in [1.29, 1.82) is 0 Å². The maximum atomic E-state index is 13.4. The van der Waals surface area contributed by atoms with Gasteiger partial charge in [0.1, 0.15) is 19.3 Å². The van der Waals surface area contributed by atoms with E-state index < -0.39 is 16.1 Å². The standard InChI is InChI=1S/C26H35N3O6S/c1-5-22(26(31)27-3)28(18-20-10-7-6-9-19(20)2)25(30)11-8-14-29(36(4,32)33)21-12-13-23-24(17-21)35-16-15-34-23/h6-7,9-10,12-13,17,22H,5,8,11,14-16,18H2,1-4H3,(H,27,31)/t22-/m0/s1. The number of carbonyl (C=O) groups is 2. The third kappa shape index (κ3) is 6.69. The fourth-order valence-corrected chi connectivity index (χ4v) is 5.21. The van der Waals surface area contributed by atoms with Gasteiger partial charge in [-0.3, -0.25) is 13.9 Å². The van der Waals surface area contributed by atoms with Gasteiger partial charge in [0.25, 0.3) is 0 Å². The molecule has 0 radical (unpaired) electrons. The largest absolute Gasteiger partial charge is 0.486 e. The molecule has 1 heterocycles. The summed E-state index contributed by atoms with van der Waals surface area (Å²) < 4.78 is 37.5. The topological polar surface area (TPSA) is 105 Å². The average Bonchev–Trinajstić information content (AvgIpc) is 2.86. The summed E-state index contributed by atoms with van der Waals surface area (Å²) in [4.78, 5) is 27.5. The summed E-state index contributed by atoms with van der Waals surface area (Å²) in [7, 11) is -2.05. The van der Waals surface area contributed by atoms with Crippen molar-refractivity contribution in [3.8, 4) is 11.5 Å². The number of nitrogens with zero attached hydrogens (tertiary/aromatic N) is 2. The lowest BCUT2D eigenvalue weighted by Crippen LogP contribution is -2.48. The number of sulfonamides is 1. The zero-order valence-corrected chi connectivity index (χ0v) is 22.1. The van der Waals surface area contributed by atoms with E-state index in [9.17, 15) is 18.0 Å². The molecule has 36 heavy (non-hydrogen) atoms. The first-order valence-electron chi connectivity index (χ1n) is 12.1. The fraction of sp³-hybridized carbons (Fsp3) is 0.462. The van der Waals surface area contributed by atoms with Gasteiger partial charge in [-0.05, 0) is 43.0 Å². The first-order valence-corrected chi connectivity index (χ1v) is 13.9. The molecule has 9 nitrogen and oxygen atoms in total. The van der Waals surface area contributed by atoms with Gasteiger partial charge in [-0.15, -0.1) is 0 Å². The van der Waals surface area contributed by atoms with Crippen molar-refractivity contribution < 1.29 is 27.5 Å². The SMILES string of the molecule is CC[C@@H](C(=O)NC)N(Cc1ccccc1C)C(=O)CCCN(c1ccc2c(c1)OCCO2)S(C)(=O)=O. The van der Waals surface area contributed by atoms with Crippen molar-refractivity contribution in [2.75, 3.05) is 37.4 Å². The molecule has 196 valence electrons. The van der Waals surface area contributed by atoms with Crippen LogP contribution in [0.3, 0.4) is 0 Å². The van der Waals surface area contributed by atoms with E-state index in [1.165, 1.54) is 4.31 Å². The molecule has 10 heteroatoms. The Labute approximate surface area is 213 Å². The summed E-state index contributed by atoms with van der Waals surface area (Å²) in [6.07, 6.45) is 1.98. The quantitative estimate of drug-likeness (QED) is 0.492. The number of ether oxygens (including phenoxy) is 2. The molecule has 1 atom stereocenters. The molecular formula is C26H35N3O6S. The van der Waals surface area contributed by atoms with Crippen molar-refractivity contribution in [1.82, 2.24) is 10.2 Å². The Balaban J connectivity index is 1.76. The molecule has 2 aromatic carbocycles. The fourth-order valence-electron chi connectivity index (χ4n) is 4.25. The first-order chi connectivity index (χ1) is 17.2. The van der Waals surface area contributed by atoms with Crippen LogP contribution in [0.1, 0.15) is 37.3 Å². The molecule has 0 saturated carbocycles. The monoisotopic (exact) mass is 517 g/mol. The average molecular weight is 518 g/mol. The second kappa shape index (κ2) is 12.1. The molecule has 0 unspecified atom stereocenters. The third-order valence-corrected chi connectivity index (χ3v) is 7.39. The molecule has 0 aliphatic carbocycles. The molecule has 2 aromatic rings. The van der Waals surface area contributed by atoms with E-state index in [0.717, 1.165) is 17.4 Å². The summed E-state index contributed by atoms with van der Waals surface area (Å²) in [6.45, 7) is 5.08. The minimum atomic E-state index is -3.61. The van der Waals surface area contributed by atoms with E-state index in [4.69, 9.17) is 9.47 Å². The van der Waals surface area contributed by atoms with Crippen LogP contribution in [0.2, 0.25) is 0 Å². The lowest BCUT2D eigenvalue weighted by molar-refractivity contribution is -0.141. The molecule has 1 N–H and O–H groups in total. The zero-order chi connectivity index (χ0) is 26.3. The number of rotatable bonds is 11. The number of anilines is 1. The Bertz CT molecular complexity index is 1180. The van der Waals surface area contributed by atoms with Crippen molar-refractivity contribution in [3.63, 3.8) is 0 Å². The lowest BCUT2D eigenvalue weighted by Gasteiger charge is -2.31. The maximum Gasteiger partial charge on any atom is 0.242 e. The van der Waals surface area contributed by atoms with Gasteiger partial charge in [-0.25, -0.2) is 8.42 Å². The summed E-state index contributed by atoms with van der Waals surface area (Å²) >= 11 is 0. The Morgan fingerprint density at radius 2 is 1.78 bits per heavy atom. The molecule has 0 fully saturated rings. The van der Waals surface area contributed by atoms with Crippen LogP contribution in [0.4, 0.5) is 5.69 Å². The van der Waals surface area contributed by atoms with Crippen molar-refractivity contribution in [2.24, 2.45) is 0 Å². The van der Waals surface area contributed by atoms with Crippen LogP contribution in [0, 0.1) is 6.92 Å². The van der Waals surface area contributed by atoms with Gasteiger partial charge in [0.05, 0.1) is 11.9 Å². The molecule has 0 saturated heterocycles. The molecule has 0 bridgehead atoms. The van der Waals surface area contributed by atoms with Crippen LogP contribution in [0.15, 0.2) is 42.5 Å². The summed E-state index contributed by atoms with van der Waals surface area (Å²) in [5, 5.41) is 2.65. The van der Waals surface area contributed by atoms with Gasteiger partial charge in [0, 0.05) is 32.6 Å². The number of hydrogen-bond acceptors (Lipinski definition) is 6. The summed E-state index contributed by atoms with van der Waals surface area (Å²) in [5.74, 6) is 0.627. The second-order valence-electron chi connectivity index (χ2n) is 8.75. The summed E-state index contributed by atoms with van der Waals surface area (Å²) in [6, 6.07) is 12.1. The van der Waals surface area contributed by atoms with Gasteiger partial charge in [-0.2, -0.15) is 0 Å². The van der Waals surface area contributed by atoms with Crippen LogP contribution < -0.4 is 19.1 Å². The van der Waals surface area contributed by atoms with Crippen molar-refractivity contribution in [3.05, 3.63) is 53.6 Å². The Hall–Kier alpha value is -3.27. The molecule has 0 spiro atoms. The van der Waals surface area contributed by atoms with E-state index in [0.29, 0.717) is 43.4 Å². The smallest absolute Gasteiger partial charge is 0.242 e. The van der Waals surface area contributed by atoms with E-state index >= 15 is 0 Å². The molecule has 1 aliphatic rings. The lowest BCUT2D eigenvalue weighted by atomic mass is 10.1. The molecule has 2 amide bonds. The van der Waals surface area contributed by atoms with Crippen molar-refractivity contribution in [2.45, 2.75) is 45.7 Å². The van der Waals surface area contributed by atoms with Crippen LogP contribution >= 0.6 is 0 Å². The van der Waals surface area contributed by atoms with Crippen LogP contribution in [0.25, 0.3) is 0 Å². The number of likely N-dealkylation sites (N-methyl/N-ethyl adjacent to an activating group) is 1. The Morgan fingerprint density at radius 1 is 1.08 bits per heavy atom. The number of amides is 2. The van der Waals surface area contributed by atoms with Gasteiger partial charge >= 0.3 is 0 Å². The highest BCUT2D eigenvalue weighted by molar-refractivity contribution is 7.92. The predicted octanol–water partition coefficient (Wildman–Crippen LogP) is 2.87. The molecule has 3 rings (SSSR count). The third-order valence-electron chi connectivity index (χ3n) is 6.20. The number of carbonyl (C=O) groups excluding carboxylic acids is 2. The number of aryl methyl sites for hydroxylation is 1. The minimum Gasteiger partial charge on any atom is -0.486 e. The van der Waals surface area contributed by atoms with Gasteiger partial charge in [0.2, 0.25) is 21.8 Å². The second-order valence-corrected chi connectivity index (χ2v) is 10.7. The van der Waals surface area contributed by atoms with E-state index in [1.54, 1.807) is 30.1 Å². The molecule has 0 aromatic heterocycles. The van der Waals surface area contributed by atoms with E-state index in [2.05, 4.69) is 5.32 Å². The van der Waals surface area contributed by atoms with Gasteiger partial charge in [-0.1, -0.05) is 31.2 Å². The number of nitrogens with one attached hydrogen (secondary N) is 1. The number of benzene rings is 2. The predicted molar refractivity (Wildman–Crippen MR) is 139 cm³/mol. The highest BCUT2D eigenvalue weighted by atomic mass is 32.2. The number of hydrogen-bond donors (Lipinski definition) is 1. The van der Waals surface area contributed by atoms with Crippen molar-refractivity contribution >= 4 is 27.5 Å². The van der Waals surface area contributed by atoms with Gasteiger partial charge < -0.3 is 19.7 Å². The number of fused-ring (bicyclic) bond motifs is 1. The Morgan fingerprint density at radius 3 is 2.42 bits per heavy atom. The van der Waals surface area contributed by atoms with Crippen LogP contribution in [-0.2, 0) is 26.2 Å². The van der Waals surface area contributed by atoms with E-state index in [-0.39, 0.29) is 31.2 Å². The highest BCUT2D eigenvalue weighted by Gasteiger charge is 2.28. The van der Waals surface area contributed by atoms with Gasteiger partial charge in [0.15, 0.2) is 11.5 Å². The summed E-state index contributed by atoms with van der Waals surface area (Å²) in [5.41, 5.74) is 2.44. The normalized spacial score (nSPS) is 13.6. The maximum absolute atomic E-state index is 13.4. The van der Waals surface area contributed by atoms with E-state index in [1.807, 2.05) is 38.1 Å². The molecular weight excluding hydrogens is 482 g/mol. The zero-order valence-electron chi connectivity index (χ0n) is 21.3. The van der Waals surface area contributed by atoms with Crippen LogP contribution in [-0.4, -0.2) is 64.2 Å². The first kappa shape index (κ1) is 27.3. The van der Waals surface area contributed by atoms with Crippen LogP contribution in [0.5, 0.6) is 11.5 Å².